The van der Waals surface area contributed by atoms with Crippen molar-refractivity contribution in [2.45, 2.75) is 25.3 Å². The van der Waals surface area contributed by atoms with Crippen LogP contribution in [0.4, 0.5) is 0 Å². The second kappa shape index (κ2) is 7.07. The predicted molar refractivity (Wildman–Crippen MR) is 98.8 cm³/mol. The van der Waals surface area contributed by atoms with Gasteiger partial charge in [-0.2, -0.15) is 0 Å². The quantitative estimate of drug-likeness (QED) is 0.753. The maximum atomic E-state index is 12.3. The van der Waals surface area contributed by atoms with Crippen molar-refractivity contribution in [2.24, 2.45) is 0 Å². The van der Waals surface area contributed by atoms with Crippen molar-refractivity contribution in [3.63, 3.8) is 0 Å². The largest absolute Gasteiger partial charge is 0.352 e. The maximum absolute atomic E-state index is 12.3. The van der Waals surface area contributed by atoms with Crippen molar-refractivity contribution in [1.82, 2.24) is 20.2 Å². The molecule has 4 rings (SSSR count). The first-order valence-electron chi connectivity index (χ1n) is 8.83. The van der Waals surface area contributed by atoms with Gasteiger partial charge in [0.15, 0.2) is 0 Å². The van der Waals surface area contributed by atoms with Crippen LogP contribution in [0.5, 0.6) is 0 Å². The number of hydrogen-bond donors (Lipinski definition) is 2. The Morgan fingerprint density at radius 2 is 1.96 bits per heavy atom. The van der Waals surface area contributed by atoms with Gasteiger partial charge in [0.05, 0.1) is 11.0 Å². The highest BCUT2D eigenvalue weighted by atomic mass is 16.1. The second-order valence-corrected chi connectivity index (χ2v) is 6.44. The van der Waals surface area contributed by atoms with Gasteiger partial charge in [-0.3, -0.25) is 9.36 Å². The number of benzene rings is 2. The van der Waals surface area contributed by atoms with Crippen molar-refractivity contribution < 1.29 is 4.79 Å². The minimum atomic E-state index is 0.0976. The van der Waals surface area contributed by atoms with E-state index in [0.29, 0.717) is 12.8 Å². The lowest BCUT2D eigenvalue weighted by atomic mass is 10.2. The van der Waals surface area contributed by atoms with Crippen LogP contribution in [0.25, 0.3) is 16.7 Å². The standard InChI is InChI=1S/C20H22N4O/c25-20(22-15-12-13-21-14-15)11-10-19-23-17-8-4-5-9-18(17)24(19)16-6-2-1-3-7-16/h1-9,15,21H,10-14H2,(H,22,25). The molecule has 3 aromatic rings. The van der Waals surface area contributed by atoms with E-state index in [0.717, 1.165) is 42.1 Å². The summed E-state index contributed by atoms with van der Waals surface area (Å²) in [5, 5.41) is 6.37. The van der Waals surface area contributed by atoms with E-state index in [1.165, 1.54) is 0 Å². The number of imidazole rings is 1. The van der Waals surface area contributed by atoms with E-state index in [1.54, 1.807) is 0 Å². The highest BCUT2D eigenvalue weighted by molar-refractivity contribution is 5.79. The number of fused-ring (bicyclic) bond motifs is 1. The van der Waals surface area contributed by atoms with Crippen molar-refractivity contribution in [1.29, 1.82) is 0 Å². The third kappa shape index (κ3) is 3.42. The number of nitrogens with zero attached hydrogens (tertiary/aromatic N) is 2. The van der Waals surface area contributed by atoms with Gasteiger partial charge in [0.25, 0.3) is 0 Å². The molecule has 2 heterocycles. The number of nitrogens with one attached hydrogen (secondary N) is 2. The number of aryl methyl sites for hydroxylation is 1. The predicted octanol–water partition coefficient (Wildman–Crippen LogP) is 2.44. The molecule has 128 valence electrons. The van der Waals surface area contributed by atoms with Gasteiger partial charge in [-0.05, 0) is 37.2 Å². The molecule has 0 spiro atoms. The first-order valence-corrected chi connectivity index (χ1v) is 8.83. The molecule has 5 heteroatoms. The van der Waals surface area contributed by atoms with E-state index >= 15 is 0 Å². The van der Waals surface area contributed by atoms with E-state index in [-0.39, 0.29) is 11.9 Å². The zero-order valence-corrected chi connectivity index (χ0v) is 14.1. The Kier molecular flexibility index (Phi) is 4.48. The van der Waals surface area contributed by atoms with Crippen LogP contribution in [-0.2, 0) is 11.2 Å². The van der Waals surface area contributed by atoms with Crippen LogP contribution < -0.4 is 10.6 Å². The molecule has 1 unspecified atom stereocenters. The van der Waals surface area contributed by atoms with Crippen molar-refractivity contribution >= 4 is 16.9 Å². The average Bonchev–Trinajstić information content (AvgIpc) is 3.27. The highest BCUT2D eigenvalue weighted by Crippen LogP contribution is 2.22. The zero-order chi connectivity index (χ0) is 17.1. The zero-order valence-electron chi connectivity index (χ0n) is 14.1. The number of carbonyl (C=O) groups excluding carboxylic acids is 1. The number of aromatic nitrogens is 2. The molecule has 0 saturated carbocycles. The van der Waals surface area contributed by atoms with Gasteiger partial charge < -0.3 is 10.6 Å². The van der Waals surface area contributed by atoms with Gasteiger partial charge >= 0.3 is 0 Å². The van der Waals surface area contributed by atoms with Gasteiger partial charge in [0.1, 0.15) is 5.82 Å². The number of rotatable bonds is 5. The molecule has 1 amide bonds. The van der Waals surface area contributed by atoms with Crippen LogP contribution in [0.15, 0.2) is 54.6 Å². The number of amides is 1. The molecule has 1 aliphatic rings. The third-order valence-electron chi connectivity index (χ3n) is 4.65. The molecular weight excluding hydrogens is 312 g/mol. The Morgan fingerprint density at radius 3 is 2.76 bits per heavy atom. The molecule has 1 aliphatic heterocycles. The average molecular weight is 334 g/mol. The van der Waals surface area contributed by atoms with E-state index in [1.807, 2.05) is 36.4 Å². The number of para-hydroxylation sites is 3. The Labute approximate surface area is 147 Å². The molecule has 2 aromatic carbocycles. The summed E-state index contributed by atoms with van der Waals surface area (Å²) in [4.78, 5) is 17.0. The van der Waals surface area contributed by atoms with Crippen LogP contribution in [-0.4, -0.2) is 34.6 Å². The van der Waals surface area contributed by atoms with Gasteiger partial charge in [-0.1, -0.05) is 30.3 Å². The summed E-state index contributed by atoms with van der Waals surface area (Å²) in [6.45, 7) is 1.85. The summed E-state index contributed by atoms with van der Waals surface area (Å²) in [5.41, 5.74) is 3.11. The first-order chi connectivity index (χ1) is 12.3. The SMILES string of the molecule is O=C(CCc1nc2ccccc2n1-c1ccccc1)NC1CCNC1. The van der Waals surface area contributed by atoms with Gasteiger partial charge in [0.2, 0.25) is 5.91 Å². The lowest BCUT2D eigenvalue weighted by Crippen LogP contribution is -2.36. The molecule has 1 aromatic heterocycles. The lowest BCUT2D eigenvalue weighted by Gasteiger charge is -2.12. The topological polar surface area (TPSA) is 59.0 Å². The number of carbonyl (C=O) groups is 1. The van der Waals surface area contributed by atoms with Crippen molar-refractivity contribution in [3.05, 3.63) is 60.4 Å². The van der Waals surface area contributed by atoms with Crippen LogP contribution in [0.1, 0.15) is 18.7 Å². The minimum Gasteiger partial charge on any atom is -0.352 e. The van der Waals surface area contributed by atoms with Gasteiger partial charge in [0, 0.05) is 31.1 Å². The van der Waals surface area contributed by atoms with Crippen LogP contribution in [0, 0.1) is 0 Å². The molecule has 1 saturated heterocycles. The molecule has 25 heavy (non-hydrogen) atoms. The van der Waals surface area contributed by atoms with E-state index in [2.05, 4.69) is 33.4 Å². The molecule has 0 bridgehead atoms. The fraction of sp³-hybridized carbons (Fsp3) is 0.300. The smallest absolute Gasteiger partial charge is 0.220 e. The summed E-state index contributed by atoms with van der Waals surface area (Å²) in [5.74, 6) is 1.02. The van der Waals surface area contributed by atoms with Crippen LogP contribution >= 0.6 is 0 Å². The normalized spacial score (nSPS) is 17.0. The van der Waals surface area contributed by atoms with Gasteiger partial charge in [-0.15, -0.1) is 0 Å². The Hall–Kier alpha value is -2.66. The van der Waals surface area contributed by atoms with Crippen molar-refractivity contribution in [2.75, 3.05) is 13.1 Å². The lowest BCUT2D eigenvalue weighted by molar-refractivity contribution is -0.121. The fourth-order valence-electron chi connectivity index (χ4n) is 3.41. The molecule has 5 nitrogen and oxygen atoms in total. The number of hydrogen-bond acceptors (Lipinski definition) is 3. The Bertz CT molecular complexity index is 866. The molecule has 1 atom stereocenters. The molecule has 2 N–H and O–H groups in total. The Balaban J connectivity index is 1.57. The summed E-state index contributed by atoms with van der Waals surface area (Å²) in [6.07, 6.45) is 2.08. The monoisotopic (exact) mass is 334 g/mol. The highest BCUT2D eigenvalue weighted by Gasteiger charge is 2.18. The summed E-state index contributed by atoms with van der Waals surface area (Å²) >= 11 is 0. The minimum absolute atomic E-state index is 0.0976. The van der Waals surface area contributed by atoms with E-state index in [9.17, 15) is 4.79 Å². The van der Waals surface area contributed by atoms with Crippen LogP contribution in [0.3, 0.4) is 0 Å². The summed E-state index contributed by atoms with van der Waals surface area (Å²) in [6, 6.07) is 18.6. The van der Waals surface area contributed by atoms with Crippen LogP contribution in [0.2, 0.25) is 0 Å². The van der Waals surface area contributed by atoms with Gasteiger partial charge in [-0.25, -0.2) is 4.98 Å². The maximum Gasteiger partial charge on any atom is 0.220 e. The summed E-state index contributed by atoms with van der Waals surface area (Å²) in [7, 11) is 0. The molecule has 1 fully saturated rings. The molecule has 0 radical (unpaired) electrons. The first kappa shape index (κ1) is 15.8. The third-order valence-corrected chi connectivity index (χ3v) is 4.65. The second-order valence-electron chi connectivity index (χ2n) is 6.44. The van der Waals surface area contributed by atoms with Crippen molar-refractivity contribution in [3.8, 4) is 5.69 Å². The fourth-order valence-corrected chi connectivity index (χ4v) is 3.41. The molecular formula is C20H22N4O. The van der Waals surface area contributed by atoms with E-state index in [4.69, 9.17) is 4.98 Å². The Morgan fingerprint density at radius 1 is 1.16 bits per heavy atom. The van der Waals surface area contributed by atoms with E-state index < -0.39 is 0 Å². The molecule has 0 aliphatic carbocycles. The summed E-state index contributed by atoms with van der Waals surface area (Å²) < 4.78 is 2.15.